The van der Waals surface area contributed by atoms with Gasteiger partial charge in [-0.15, -0.1) is 0 Å². The summed E-state index contributed by atoms with van der Waals surface area (Å²) in [5.41, 5.74) is 0.140. The van der Waals surface area contributed by atoms with Crippen molar-refractivity contribution in [2.75, 3.05) is 33.4 Å². The summed E-state index contributed by atoms with van der Waals surface area (Å²) < 4.78 is 11.6. The lowest BCUT2D eigenvalue weighted by atomic mass is 9.74. The van der Waals surface area contributed by atoms with E-state index in [0.717, 1.165) is 69.7 Å². The predicted octanol–water partition coefficient (Wildman–Crippen LogP) is 4.65. The summed E-state index contributed by atoms with van der Waals surface area (Å²) in [6.07, 6.45) is 11.4. The van der Waals surface area contributed by atoms with Gasteiger partial charge in [0, 0.05) is 31.7 Å². The number of aliphatic hydroxyl groups is 1. The van der Waals surface area contributed by atoms with Crippen molar-refractivity contribution in [1.29, 1.82) is 0 Å². The Morgan fingerprint density at radius 3 is 2.64 bits per heavy atom. The Kier molecular flexibility index (Phi) is 8.63. The molecular weight excluding hydrogens is 350 g/mol. The van der Waals surface area contributed by atoms with E-state index in [2.05, 4.69) is 17.4 Å². The molecule has 2 fully saturated rings. The molecule has 3 rings (SSSR count). The first-order valence-corrected chi connectivity index (χ1v) is 11.4. The summed E-state index contributed by atoms with van der Waals surface area (Å²) in [6, 6.07) is 8.21. The minimum Gasteiger partial charge on any atom is -0.493 e. The highest BCUT2D eigenvalue weighted by Crippen LogP contribution is 2.42. The van der Waals surface area contributed by atoms with Gasteiger partial charge in [-0.25, -0.2) is 0 Å². The molecule has 0 radical (unpaired) electrons. The average Bonchev–Trinajstić information content (AvgIpc) is 2.77. The van der Waals surface area contributed by atoms with Crippen LogP contribution >= 0.6 is 0 Å². The smallest absolute Gasteiger partial charge is 0.125 e. The molecule has 4 nitrogen and oxygen atoms in total. The summed E-state index contributed by atoms with van der Waals surface area (Å²) in [5.74, 6) is 1.77. The molecule has 2 atom stereocenters. The topological polar surface area (TPSA) is 50.7 Å². The van der Waals surface area contributed by atoms with Gasteiger partial charge in [-0.2, -0.15) is 0 Å². The second-order valence-electron chi connectivity index (χ2n) is 8.73. The third-order valence-electron chi connectivity index (χ3n) is 6.68. The van der Waals surface area contributed by atoms with Crippen LogP contribution in [0.3, 0.4) is 0 Å². The molecule has 1 saturated heterocycles. The highest BCUT2D eigenvalue weighted by Gasteiger charge is 2.40. The number of unbranched alkanes of at least 4 members (excludes halogenated alkanes) is 1. The Labute approximate surface area is 171 Å². The highest BCUT2D eigenvalue weighted by atomic mass is 16.5. The van der Waals surface area contributed by atoms with Gasteiger partial charge >= 0.3 is 0 Å². The summed E-state index contributed by atoms with van der Waals surface area (Å²) in [4.78, 5) is 0. The highest BCUT2D eigenvalue weighted by molar-refractivity contribution is 5.39. The Hall–Kier alpha value is -1.10. The van der Waals surface area contributed by atoms with Gasteiger partial charge < -0.3 is 19.9 Å². The number of hydrogen-bond acceptors (Lipinski definition) is 4. The molecule has 2 unspecified atom stereocenters. The van der Waals surface area contributed by atoms with Gasteiger partial charge in [0.15, 0.2) is 0 Å². The molecule has 1 aliphatic heterocycles. The van der Waals surface area contributed by atoms with E-state index in [1.54, 1.807) is 7.11 Å². The van der Waals surface area contributed by atoms with E-state index >= 15 is 0 Å². The molecule has 2 N–H and O–H groups in total. The lowest BCUT2D eigenvalue weighted by Gasteiger charge is -2.40. The maximum atomic E-state index is 12.0. The van der Waals surface area contributed by atoms with Crippen molar-refractivity contribution >= 4 is 0 Å². The number of hydrogen-bond donors (Lipinski definition) is 2. The number of para-hydroxylation sites is 1. The van der Waals surface area contributed by atoms with E-state index in [-0.39, 0.29) is 5.92 Å². The number of rotatable bonds is 10. The van der Waals surface area contributed by atoms with Crippen LogP contribution in [-0.4, -0.2) is 38.5 Å². The molecule has 1 saturated carbocycles. The largest absolute Gasteiger partial charge is 0.493 e. The second kappa shape index (κ2) is 11.2. The van der Waals surface area contributed by atoms with Gasteiger partial charge in [0.2, 0.25) is 0 Å². The van der Waals surface area contributed by atoms with Crippen molar-refractivity contribution in [2.24, 2.45) is 11.8 Å². The maximum absolute atomic E-state index is 12.0. The zero-order chi connectivity index (χ0) is 19.7. The van der Waals surface area contributed by atoms with Crippen molar-refractivity contribution in [3.63, 3.8) is 0 Å². The molecule has 0 spiro atoms. The van der Waals surface area contributed by atoms with Crippen molar-refractivity contribution in [3.8, 4) is 5.75 Å². The molecule has 1 aliphatic carbocycles. The summed E-state index contributed by atoms with van der Waals surface area (Å²) in [7, 11) is 1.74. The Balaban J connectivity index is 1.75. The van der Waals surface area contributed by atoms with Gasteiger partial charge in [-0.3, -0.25) is 0 Å². The minimum atomic E-state index is -0.843. The van der Waals surface area contributed by atoms with E-state index in [4.69, 9.17) is 9.47 Å². The zero-order valence-corrected chi connectivity index (χ0v) is 17.6. The summed E-state index contributed by atoms with van der Waals surface area (Å²) in [6.45, 7) is 3.45. The van der Waals surface area contributed by atoms with Gasteiger partial charge in [0.25, 0.3) is 0 Å². The van der Waals surface area contributed by atoms with E-state index < -0.39 is 5.60 Å². The standard InChI is InChI=1S/C24H39NO3/c1-27-17-8-7-15-24(26,21-12-9-16-25-18-21)22-13-5-6-14-23(22)28-19-20-10-3-2-4-11-20/h5-6,13-14,20-21,25-26H,2-4,7-12,15-19H2,1H3. The minimum absolute atomic E-state index is 0.225. The number of piperidine rings is 1. The van der Waals surface area contributed by atoms with Crippen molar-refractivity contribution in [1.82, 2.24) is 5.32 Å². The van der Waals surface area contributed by atoms with Crippen LogP contribution in [0.4, 0.5) is 0 Å². The predicted molar refractivity (Wildman–Crippen MR) is 114 cm³/mol. The van der Waals surface area contributed by atoms with E-state index in [9.17, 15) is 5.11 Å². The van der Waals surface area contributed by atoms with Gasteiger partial charge in [-0.05, 0) is 63.5 Å². The molecule has 158 valence electrons. The Morgan fingerprint density at radius 2 is 1.89 bits per heavy atom. The molecule has 0 aromatic heterocycles. The average molecular weight is 390 g/mol. The Morgan fingerprint density at radius 1 is 1.07 bits per heavy atom. The van der Waals surface area contributed by atoms with Crippen LogP contribution in [0.1, 0.15) is 69.8 Å². The van der Waals surface area contributed by atoms with Crippen LogP contribution in [0, 0.1) is 11.8 Å². The Bertz CT molecular complexity index is 567. The molecule has 0 bridgehead atoms. The van der Waals surface area contributed by atoms with Crippen LogP contribution in [0.2, 0.25) is 0 Å². The zero-order valence-electron chi connectivity index (χ0n) is 17.6. The lowest BCUT2D eigenvalue weighted by molar-refractivity contribution is -0.0455. The van der Waals surface area contributed by atoms with E-state index in [0.29, 0.717) is 5.92 Å². The molecule has 1 aromatic carbocycles. The fraction of sp³-hybridized carbons (Fsp3) is 0.750. The first kappa shape index (κ1) is 21.6. The van der Waals surface area contributed by atoms with Crippen molar-refractivity contribution < 1.29 is 14.6 Å². The summed E-state index contributed by atoms with van der Waals surface area (Å²) >= 11 is 0. The lowest BCUT2D eigenvalue weighted by Crippen LogP contribution is -2.44. The molecule has 0 amide bonds. The number of ether oxygens (including phenoxy) is 2. The normalized spacial score (nSPS) is 23.3. The fourth-order valence-corrected chi connectivity index (χ4v) is 4.97. The molecule has 4 heteroatoms. The molecule has 1 aromatic rings. The first-order chi connectivity index (χ1) is 13.7. The quantitative estimate of drug-likeness (QED) is 0.572. The molecule has 2 aliphatic rings. The van der Waals surface area contributed by atoms with Crippen LogP contribution < -0.4 is 10.1 Å². The maximum Gasteiger partial charge on any atom is 0.125 e. The fourth-order valence-electron chi connectivity index (χ4n) is 4.97. The summed E-state index contributed by atoms with van der Waals surface area (Å²) in [5, 5.41) is 15.5. The van der Waals surface area contributed by atoms with Crippen molar-refractivity contribution in [3.05, 3.63) is 29.8 Å². The number of methoxy groups -OCH3 is 1. The van der Waals surface area contributed by atoms with Gasteiger partial charge in [-0.1, -0.05) is 37.5 Å². The van der Waals surface area contributed by atoms with Gasteiger partial charge in [0.05, 0.1) is 12.2 Å². The van der Waals surface area contributed by atoms with Crippen LogP contribution in [0.5, 0.6) is 5.75 Å². The molecular formula is C24H39NO3. The number of nitrogens with one attached hydrogen (secondary N) is 1. The monoisotopic (exact) mass is 389 g/mol. The second-order valence-corrected chi connectivity index (χ2v) is 8.73. The SMILES string of the molecule is COCCCCC(O)(c1ccccc1OCC1CCCCC1)C1CCCNC1. The first-order valence-electron chi connectivity index (χ1n) is 11.4. The van der Waals surface area contributed by atoms with E-state index in [1.807, 2.05) is 12.1 Å². The van der Waals surface area contributed by atoms with Crippen LogP contribution in [0.25, 0.3) is 0 Å². The van der Waals surface area contributed by atoms with Crippen LogP contribution in [-0.2, 0) is 10.3 Å². The molecule has 1 heterocycles. The molecule has 28 heavy (non-hydrogen) atoms. The number of benzene rings is 1. The third kappa shape index (κ3) is 5.71. The van der Waals surface area contributed by atoms with Crippen LogP contribution in [0.15, 0.2) is 24.3 Å². The van der Waals surface area contributed by atoms with Crippen molar-refractivity contribution in [2.45, 2.75) is 69.8 Å². The van der Waals surface area contributed by atoms with E-state index in [1.165, 1.54) is 32.1 Å². The third-order valence-corrected chi connectivity index (χ3v) is 6.68. The van der Waals surface area contributed by atoms with Gasteiger partial charge in [0.1, 0.15) is 5.75 Å².